The van der Waals surface area contributed by atoms with E-state index in [1.54, 1.807) is 38.1 Å². The lowest BCUT2D eigenvalue weighted by atomic mass is 10.1. The van der Waals surface area contributed by atoms with Crippen LogP contribution in [-0.4, -0.2) is 27.0 Å². The minimum Gasteiger partial charge on any atom is -0.478 e. The second kappa shape index (κ2) is 7.06. The predicted molar refractivity (Wildman–Crippen MR) is 86.2 cm³/mol. The second-order valence-corrected chi connectivity index (χ2v) is 5.53. The second-order valence-electron chi connectivity index (χ2n) is 5.53. The average Bonchev–Trinajstić information content (AvgIpc) is 2.89. The fourth-order valence-corrected chi connectivity index (χ4v) is 2.02. The Morgan fingerprint density at radius 2 is 1.96 bits per heavy atom. The molecule has 2 rings (SSSR count). The minimum atomic E-state index is -0.960. The van der Waals surface area contributed by atoms with Crippen molar-refractivity contribution in [3.05, 3.63) is 46.9 Å². The molecule has 0 fully saturated rings. The van der Waals surface area contributed by atoms with Gasteiger partial charge in [0.1, 0.15) is 11.6 Å². The molecule has 23 heavy (non-hydrogen) atoms. The van der Waals surface area contributed by atoms with Crippen molar-refractivity contribution in [3.63, 3.8) is 0 Å². The molecule has 0 bridgehead atoms. The first-order valence-corrected chi connectivity index (χ1v) is 7.31. The molecule has 1 aromatic carbocycles. The molecular formula is C16H20N4O3. The quantitative estimate of drug-likeness (QED) is 0.647. The predicted octanol–water partition coefficient (Wildman–Crippen LogP) is 1.75. The van der Waals surface area contributed by atoms with E-state index in [1.165, 1.54) is 0 Å². The Morgan fingerprint density at radius 1 is 1.30 bits per heavy atom. The Balaban J connectivity index is 2.15. The summed E-state index contributed by atoms with van der Waals surface area (Å²) in [5.74, 6) is -0.0359. The van der Waals surface area contributed by atoms with Crippen LogP contribution in [0.15, 0.2) is 24.3 Å². The van der Waals surface area contributed by atoms with Crippen molar-refractivity contribution < 1.29 is 14.7 Å². The first-order valence-electron chi connectivity index (χ1n) is 7.31. The van der Waals surface area contributed by atoms with Gasteiger partial charge in [-0.15, -0.1) is 0 Å². The van der Waals surface area contributed by atoms with Gasteiger partial charge in [-0.2, -0.15) is 0 Å². The summed E-state index contributed by atoms with van der Waals surface area (Å²) < 4.78 is 0. The van der Waals surface area contributed by atoms with Crippen molar-refractivity contribution in [2.45, 2.75) is 26.8 Å². The lowest BCUT2D eigenvalue weighted by Crippen LogP contribution is -2.19. The number of nitrogens with one attached hydrogen (secondary N) is 2. The number of anilines is 1. The molecule has 0 spiro atoms. The number of carbonyl (C=O) groups excluding carboxylic acids is 1. The minimum absolute atomic E-state index is 0.110. The van der Waals surface area contributed by atoms with Gasteiger partial charge in [0.2, 0.25) is 5.91 Å². The lowest BCUT2D eigenvalue weighted by molar-refractivity contribution is -0.118. The van der Waals surface area contributed by atoms with Crippen LogP contribution in [0.25, 0.3) is 0 Å². The number of imidazole rings is 1. The molecule has 0 aliphatic heterocycles. The Labute approximate surface area is 133 Å². The number of aromatic carboxylic acids is 1. The smallest absolute Gasteiger partial charge is 0.335 e. The van der Waals surface area contributed by atoms with Gasteiger partial charge in [0.15, 0.2) is 0 Å². The standard InChI is InChI=1S/C16H20N4O3/c1-9(2)15(21)20-14-12(8-17)18-13(19-14)7-10-3-5-11(6-4-10)16(22)23/h3-6,9H,7-8,17H2,1-2H3,(H,18,19)(H,20,21)(H,22,23). The van der Waals surface area contributed by atoms with Crippen molar-refractivity contribution in [1.29, 1.82) is 0 Å². The molecule has 7 nitrogen and oxygen atoms in total. The number of benzene rings is 1. The molecule has 0 aliphatic carbocycles. The van der Waals surface area contributed by atoms with Crippen molar-refractivity contribution in [3.8, 4) is 0 Å². The molecule has 0 saturated heterocycles. The molecule has 1 amide bonds. The summed E-state index contributed by atoms with van der Waals surface area (Å²) in [5, 5.41) is 11.7. The number of amides is 1. The first-order chi connectivity index (χ1) is 10.9. The van der Waals surface area contributed by atoms with Crippen LogP contribution < -0.4 is 11.1 Å². The molecule has 2 aromatic rings. The third kappa shape index (κ3) is 4.17. The maximum atomic E-state index is 11.8. The van der Waals surface area contributed by atoms with E-state index in [4.69, 9.17) is 10.8 Å². The fraction of sp³-hybridized carbons (Fsp3) is 0.312. The molecule has 0 saturated carbocycles. The third-order valence-electron chi connectivity index (χ3n) is 3.37. The van der Waals surface area contributed by atoms with Crippen molar-refractivity contribution in [2.24, 2.45) is 11.7 Å². The highest BCUT2D eigenvalue weighted by Gasteiger charge is 2.14. The number of carboxylic acid groups (broad SMARTS) is 1. The number of hydrogen-bond acceptors (Lipinski definition) is 4. The highest BCUT2D eigenvalue weighted by Crippen LogP contribution is 2.16. The Morgan fingerprint density at radius 3 is 2.48 bits per heavy atom. The van der Waals surface area contributed by atoms with Gasteiger partial charge in [0.25, 0.3) is 0 Å². The summed E-state index contributed by atoms with van der Waals surface area (Å²) >= 11 is 0. The van der Waals surface area contributed by atoms with Crippen LogP contribution in [0.5, 0.6) is 0 Å². The molecule has 1 heterocycles. The highest BCUT2D eigenvalue weighted by molar-refractivity contribution is 5.91. The van der Waals surface area contributed by atoms with Gasteiger partial charge >= 0.3 is 5.97 Å². The monoisotopic (exact) mass is 316 g/mol. The van der Waals surface area contributed by atoms with E-state index in [0.717, 1.165) is 5.56 Å². The largest absolute Gasteiger partial charge is 0.478 e. The number of nitrogens with zero attached hydrogens (tertiary/aromatic N) is 1. The molecule has 0 radical (unpaired) electrons. The van der Waals surface area contributed by atoms with E-state index in [2.05, 4.69) is 15.3 Å². The van der Waals surface area contributed by atoms with Crippen molar-refractivity contribution in [2.75, 3.05) is 5.32 Å². The molecule has 0 unspecified atom stereocenters. The van der Waals surface area contributed by atoms with Gasteiger partial charge in [0.05, 0.1) is 11.3 Å². The summed E-state index contributed by atoms with van der Waals surface area (Å²) in [5.41, 5.74) is 7.40. The van der Waals surface area contributed by atoms with Crippen molar-refractivity contribution in [1.82, 2.24) is 9.97 Å². The van der Waals surface area contributed by atoms with Crippen LogP contribution in [0, 0.1) is 5.92 Å². The van der Waals surface area contributed by atoms with E-state index in [1.807, 2.05) is 0 Å². The number of aromatic amines is 1. The highest BCUT2D eigenvalue weighted by atomic mass is 16.4. The number of H-pyrrole nitrogens is 1. The van der Waals surface area contributed by atoms with Crippen molar-refractivity contribution >= 4 is 17.7 Å². The summed E-state index contributed by atoms with van der Waals surface area (Å²) in [6.07, 6.45) is 0.491. The molecule has 0 atom stereocenters. The molecule has 5 N–H and O–H groups in total. The van der Waals surface area contributed by atoms with Gasteiger partial charge in [-0.3, -0.25) is 4.79 Å². The van der Waals surface area contributed by atoms with Gasteiger partial charge < -0.3 is 21.1 Å². The summed E-state index contributed by atoms with van der Waals surface area (Å²) in [6.45, 7) is 3.82. The molecule has 122 valence electrons. The van der Waals surface area contributed by atoms with Gasteiger partial charge in [-0.05, 0) is 17.7 Å². The Kier molecular flexibility index (Phi) is 5.13. The Hall–Kier alpha value is -2.67. The number of aromatic nitrogens is 2. The summed E-state index contributed by atoms with van der Waals surface area (Å²) in [4.78, 5) is 30.1. The number of hydrogen-bond donors (Lipinski definition) is 4. The SMILES string of the molecule is CC(C)C(=O)Nc1[nH]c(Cc2ccc(C(=O)O)cc2)nc1CN. The maximum absolute atomic E-state index is 11.8. The molecule has 7 heteroatoms. The molecular weight excluding hydrogens is 296 g/mol. The zero-order chi connectivity index (χ0) is 17.0. The van der Waals surface area contributed by atoms with E-state index >= 15 is 0 Å². The zero-order valence-electron chi connectivity index (χ0n) is 13.1. The van der Waals surface area contributed by atoms with Gasteiger partial charge in [-0.1, -0.05) is 26.0 Å². The van der Waals surface area contributed by atoms with Crippen LogP contribution >= 0.6 is 0 Å². The number of carbonyl (C=O) groups is 2. The zero-order valence-corrected chi connectivity index (χ0v) is 13.1. The molecule has 0 aliphatic rings. The third-order valence-corrected chi connectivity index (χ3v) is 3.37. The maximum Gasteiger partial charge on any atom is 0.335 e. The topological polar surface area (TPSA) is 121 Å². The van der Waals surface area contributed by atoms with Gasteiger partial charge in [-0.25, -0.2) is 9.78 Å². The lowest BCUT2D eigenvalue weighted by Gasteiger charge is -2.06. The number of rotatable bonds is 6. The van der Waals surface area contributed by atoms with Gasteiger partial charge in [0, 0.05) is 18.9 Å². The van der Waals surface area contributed by atoms with Crippen LogP contribution in [0.4, 0.5) is 5.82 Å². The number of carboxylic acids is 1. The number of nitrogens with two attached hydrogens (primary N) is 1. The summed E-state index contributed by atoms with van der Waals surface area (Å²) in [7, 11) is 0. The van der Waals surface area contributed by atoms with Crippen LogP contribution in [-0.2, 0) is 17.8 Å². The van der Waals surface area contributed by atoms with Crippen LogP contribution in [0.1, 0.15) is 41.3 Å². The van der Waals surface area contributed by atoms with E-state index < -0.39 is 5.97 Å². The first kappa shape index (κ1) is 16.7. The summed E-state index contributed by atoms with van der Waals surface area (Å²) in [6, 6.07) is 6.57. The molecule has 1 aromatic heterocycles. The normalized spacial score (nSPS) is 10.8. The van der Waals surface area contributed by atoms with E-state index in [9.17, 15) is 9.59 Å². The average molecular weight is 316 g/mol. The van der Waals surface area contributed by atoms with E-state index in [-0.39, 0.29) is 23.9 Å². The Bertz CT molecular complexity index is 705. The van der Waals surface area contributed by atoms with Crippen LogP contribution in [0.2, 0.25) is 0 Å². The van der Waals surface area contributed by atoms with Crippen LogP contribution in [0.3, 0.4) is 0 Å². The fourth-order valence-electron chi connectivity index (χ4n) is 2.02. The van der Waals surface area contributed by atoms with E-state index in [0.29, 0.717) is 23.8 Å².